The first-order chi connectivity index (χ1) is 9.74. The van der Waals surface area contributed by atoms with Crippen molar-refractivity contribution >= 4 is 5.69 Å². The second-order valence-corrected chi connectivity index (χ2v) is 5.89. The molecule has 2 heterocycles. The Morgan fingerprint density at radius 3 is 2.85 bits per heavy atom. The van der Waals surface area contributed by atoms with Gasteiger partial charge in [0.15, 0.2) is 0 Å². The van der Waals surface area contributed by atoms with E-state index in [0.29, 0.717) is 6.04 Å². The van der Waals surface area contributed by atoms with Gasteiger partial charge in [0.25, 0.3) is 0 Å². The van der Waals surface area contributed by atoms with Gasteiger partial charge in [0.05, 0.1) is 11.9 Å². The Balaban J connectivity index is 1.69. The molecule has 0 spiro atoms. The number of nitrogens with one attached hydrogen (secondary N) is 1. The van der Waals surface area contributed by atoms with Crippen LogP contribution in [-0.4, -0.2) is 20.6 Å². The smallest absolute Gasteiger partial charge is 0.137 e. The maximum Gasteiger partial charge on any atom is 0.137 e. The summed E-state index contributed by atoms with van der Waals surface area (Å²) in [5, 5.41) is 3.65. The highest BCUT2D eigenvalue weighted by Gasteiger charge is 2.26. The Kier molecular flexibility index (Phi) is 3.72. The Morgan fingerprint density at radius 1 is 1.25 bits per heavy atom. The summed E-state index contributed by atoms with van der Waals surface area (Å²) >= 11 is 0. The predicted octanol–water partition coefficient (Wildman–Crippen LogP) is 3.50. The van der Waals surface area contributed by atoms with Crippen molar-refractivity contribution in [2.75, 3.05) is 5.32 Å². The van der Waals surface area contributed by atoms with E-state index >= 15 is 0 Å². The first-order valence-electron chi connectivity index (χ1n) is 7.45. The molecule has 0 aromatic carbocycles. The molecule has 0 aliphatic heterocycles. The summed E-state index contributed by atoms with van der Waals surface area (Å²) in [5.74, 6) is 2.43. The lowest BCUT2D eigenvalue weighted by atomic mass is 9.78. The Hall–Kier alpha value is -1.84. The van der Waals surface area contributed by atoms with Gasteiger partial charge in [0, 0.05) is 18.4 Å². The minimum atomic E-state index is 0.569. The monoisotopic (exact) mass is 270 g/mol. The third-order valence-electron chi connectivity index (χ3n) is 4.58. The van der Waals surface area contributed by atoms with Crippen LogP contribution in [0, 0.1) is 11.8 Å². The number of aromatic nitrogens is 3. The second kappa shape index (κ2) is 5.65. The summed E-state index contributed by atoms with van der Waals surface area (Å²) in [6.07, 6.45) is 11.3. The van der Waals surface area contributed by atoms with Crippen LogP contribution in [0.4, 0.5) is 5.69 Å². The molecule has 3 unspecified atom stereocenters. The zero-order chi connectivity index (χ0) is 13.9. The van der Waals surface area contributed by atoms with Gasteiger partial charge in [0.2, 0.25) is 0 Å². The summed E-state index contributed by atoms with van der Waals surface area (Å²) < 4.78 is 1.91. The molecule has 1 aliphatic carbocycles. The van der Waals surface area contributed by atoms with Gasteiger partial charge in [-0.3, -0.25) is 4.57 Å². The molecule has 0 bridgehead atoms. The van der Waals surface area contributed by atoms with E-state index in [1.54, 1.807) is 12.5 Å². The van der Waals surface area contributed by atoms with Crippen molar-refractivity contribution in [1.82, 2.24) is 14.5 Å². The highest BCUT2D eigenvalue weighted by Crippen LogP contribution is 2.31. The molecule has 1 aliphatic rings. The Morgan fingerprint density at radius 2 is 2.15 bits per heavy atom. The van der Waals surface area contributed by atoms with Crippen molar-refractivity contribution < 1.29 is 0 Å². The van der Waals surface area contributed by atoms with Crippen molar-refractivity contribution in [3.8, 4) is 5.82 Å². The van der Waals surface area contributed by atoms with Gasteiger partial charge in [-0.2, -0.15) is 0 Å². The molecule has 4 nitrogen and oxygen atoms in total. The Bertz CT molecular complexity index is 532. The van der Waals surface area contributed by atoms with Gasteiger partial charge in [0.1, 0.15) is 12.1 Å². The molecule has 0 radical (unpaired) electrons. The number of pyridine rings is 1. The molecule has 1 N–H and O–H groups in total. The summed E-state index contributed by atoms with van der Waals surface area (Å²) in [5.41, 5.74) is 1.11. The first-order valence-corrected chi connectivity index (χ1v) is 7.45. The van der Waals surface area contributed by atoms with Gasteiger partial charge < -0.3 is 5.32 Å². The molecule has 1 fully saturated rings. The fourth-order valence-corrected chi connectivity index (χ4v) is 3.02. The molecule has 3 atom stereocenters. The quantitative estimate of drug-likeness (QED) is 0.928. The van der Waals surface area contributed by atoms with Crippen LogP contribution >= 0.6 is 0 Å². The summed E-state index contributed by atoms with van der Waals surface area (Å²) in [4.78, 5) is 8.53. The molecule has 2 aromatic rings. The minimum Gasteiger partial charge on any atom is -0.381 e. The number of hydrogen-bond acceptors (Lipinski definition) is 3. The maximum atomic E-state index is 4.49. The molecule has 2 aromatic heterocycles. The predicted molar refractivity (Wildman–Crippen MR) is 80.9 cm³/mol. The van der Waals surface area contributed by atoms with E-state index in [-0.39, 0.29) is 0 Å². The van der Waals surface area contributed by atoms with E-state index in [0.717, 1.165) is 23.3 Å². The van der Waals surface area contributed by atoms with Crippen molar-refractivity contribution in [3.05, 3.63) is 37.1 Å². The van der Waals surface area contributed by atoms with Crippen molar-refractivity contribution in [1.29, 1.82) is 0 Å². The molecule has 0 saturated heterocycles. The van der Waals surface area contributed by atoms with Crippen LogP contribution in [0.5, 0.6) is 0 Å². The number of anilines is 1. The van der Waals surface area contributed by atoms with Crippen molar-refractivity contribution in [3.63, 3.8) is 0 Å². The average Bonchev–Trinajstić information content (AvgIpc) is 2.99. The van der Waals surface area contributed by atoms with Gasteiger partial charge in [-0.15, -0.1) is 0 Å². The van der Waals surface area contributed by atoms with Crippen LogP contribution in [0.25, 0.3) is 5.82 Å². The van der Waals surface area contributed by atoms with Crippen molar-refractivity contribution in [2.45, 2.75) is 39.2 Å². The topological polar surface area (TPSA) is 42.7 Å². The van der Waals surface area contributed by atoms with Gasteiger partial charge in [-0.25, -0.2) is 9.97 Å². The molecule has 0 amide bonds. The zero-order valence-corrected chi connectivity index (χ0v) is 12.2. The second-order valence-electron chi connectivity index (χ2n) is 5.89. The SMILES string of the molecule is CC1CCCC(Nc2ccc(-n3ccnc3)nc2)C1C. The van der Waals surface area contributed by atoms with E-state index in [1.165, 1.54) is 19.3 Å². The summed E-state index contributed by atoms with van der Waals surface area (Å²) in [7, 11) is 0. The largest absolute Gasteiger partial charge is 0.381 e. The maximum absolute atomic E-state index is 4.49. The minimum absolute atomic E-state index is 0.569. The average molecular weight is 270 g/mol. The van der Waals surface area contributed by atoms with Gasteiger partial charge in [-0.1, -0.05) is 26.7 Å². The third-order valence-corrected chi connectivity index (χ3v) is 4.58. The fraction of sp³-hybridized carbons (Fsp3) is 0.500. The lowest BCUT2D eigenvalue weighted by molar-refractivity contribution is 0.253. The first kappa shape index (κ1) is 13.2. The molecular formula is C16H22N4. The standard InChI is InChI=1S/C16H22N4/c1-12-4-3-5-15(13(12)2)19-14-6-7-16(18-10-14)20-9-8-17-11-20/h6-13,15,19H,3-5H2,1-2H3. The molecule has 106 valence electrons. The van der Waals surface area contributed by atoms with Crippen LogP contribution in [0.3, 0.4) is 0 Å². The fourth-order valence-electron chi connectivity index (χ4n) is 3.02. The number of nitrogens with zero attached hydrogens (tertiary/aromatic N) is 3. The highest BCUT2D eigenvalue weighted by atomic mass is 15.1. The summed E-state index contributed by atoms with van der Waals surface area (Å²) in [6.45, 7) is 4.72. The third kappa shape index (κ3) is 2.69. The van der Waals surface area contributed by atoms with Crippen molar-refractivity contribution in [2.24, 2.45) is 11.8 Å². The van der Waals surface area contributed by atoms with Gasteiger partial charge in [-0.05, 0) is 30.4 Å². The molecule has 20 heavy (non-hydrogen) atoms. The molecular weight excluding hydrogens is 248 g/mol. The summed E-state index contributed by atoms with van der Waals surface area (Å²) in [6, 6.07) is 4.70. The van der Waals surface area contributed by atoms with Crippen LogP contribution in [0.1, 0.15) is 33.1 Å². The number of imidazole rings is 1. The van der Waals surface area contributed by atoms with Crippen LogP contribution in [0.2, 0.25) is 0 Å². The van der Waals surface area contributed by atoms with Crippen LogP contribution in [-0.2, 0) is 0 Å². The lowest BCUT2D eigenvalue weighted by Crippen LogP contribution is -2.35. The molecule has 3 rings (SSSR count). The van der Waals surface area contributed by atoms with Gasteiger partial charge >= 0.3 is 0 Å². The van der Waals surface area contributed by atoms with Crippen LogP contribution < -0.4 is 5.32 Å². The van der Waals surface area contributed by atoms with E-state index in [9.17, 15) is 0 Å². The van der Waals surface area contributed by atoms with E-state index in [1.807, 2.05) is 23.0 Å². The zero-order valence-electron chi connectivity index (χ0n) is 12.2. The van der Waals surface area contributed by atoms with E-state index in [2.05, 4.69) is 35.2 Å². The van der Waals surface area contributed by atoms with Crippen LogP contribution in [0.15, 0.2) is 37.1 Å². The lowest BCUT2D eigenvalue weighted by Gasteiger charge is -2.35. The normalized spacial score (nSPS) is 26.4. The number of hydrogen-bond donors (Lipinski definition) is 1. The Labute approximate surface area is 120 Å². The molecule has 1 saturated carbocycles. The number of rotatable bonds is 3. The van der Waals surface area contributed by atoms with E-state index in [4.69, 9.17) is 0 Å². The molecule has 4 heteroatoms. The highest BCUT2D eigenvalue weighted by molar-refractivity contribution is 5.44. The van der Waals surface area contributed by atoms with E-state index < -0.39 is 0 Å².